The van der Waals surface area contributed by atoms with Gasteiger partial charge in [-0.3, -0.25) is 4.79 Å². The zero-order valence-corrected chi connectivity index (χ0v) is 16.1. The standard InChI is InChI=1S/C21H23N3O4/c1-14(2)12-27-19-7-5-4-6-18(19)23-21(25)16-8-10-17(11-9-16)26-13-20-22-15(3)28-24-20/h4-11,14H,12-13H2,1-3H3,(H,23,25). The van der Waals surface area contributed by atoms with Crippen LogP contribution in [0.3, 0.4) is 0 Å². The Morgan fingerprint density at radius 2 is 1.86 bits per heavy atom. The van der Waals surface area contributed by atoms with E-state index < -0.39 is 0 Å². The van der Waals surface area contributed by atoms with Gasteiger partial charge in [0.15, 0.2) is 6.61 Å². The number of amides is 1. The summed E-state index contributed by atoms with van der Waals surface area (Å²) < 4.78 is 16.3. The van der Waals surface area contributed by atoms with Crippen molar-refractivity contribution in [2.45, 2.75) is 27.4 Å². The maximum atomic E-state index is 12.6. The molecule has 146 valence electrons. The number of hydrogen-bond donors (Lipinski definition) is 1. The number of nitrogens with zero attached hydrogens (tertiary/aromatic N) is 2. The molecule has 0 aliphatic carbocycles. The lowest BCUT2D eigenvalue weighted by Gasteiger charge is -2.14. The Bertz CT molecular complexity index is 919. The van der Waals surface area contributed by atoms with E-state index >= 15 is 0 Å². The number of hydrogen-bond acceptors (Lipinski definition) is 6. The van der Waals surface area contributed by atoms with Gasteiger partial charge < -0.3 is 19.3 Å². The van der Waals surface area contributed by atoms with Crippen LogP contribution >= 0.6 is 0 Å². The molecule has 0 saturated carbocycles. The molecule has 0 aliphatic heterocycles. The minimum absolute atomic E-state index is 0.198. The number of para-hydroxylation sites is 2. The second-order valence-electron chi connectivity index (χ2n) is 6.70. The van der Waals surface area contributed by atoms with E-state index in [9.17, 15) is 4.79 Å². The Balaban J connectivity index is 1.60. The molecule has 3 rings (SSSR count). The first-order chi connectivity index (χ1) is 13.5. The first kappa shape index (κ1) is 19.4. The molecule has 0 atom stereocenters. The van der Waals surface area contributed by atoms with Crippen molar-refractivity contribution in [3.63, 3.8) is 0 Å². The van der Waals surface area contributed by atoms with Gasteiger partial charge in [-0.15, -0.1) is 0 Å². The van der Waals surface area contributed by atoms with Gasteiger partial charge in [0.2, 0.25) is 11.7 Å². The van der Waals surface area contributed by atoms with Gasteiger partial charge in [0, 0.05) is 12.5 Å². The van der Waals surface area contributed by atoms with Gasteiger partial charge >= 0.3 is 0 Å². The van der Waals surface area contributed by atoms with Crippen LogP contribution in [-0.4, -0.2) is 22.7 Å². The summed E-state index contributed by atoms with van der Waals surface area (Å²) in [5.41, 5.74) is 1.15. The van der Waals surface area contributed by atoms with Crippen molar-refractivity contribution in [3.05, 3.63) is 65.8 Å². The molecule has 28 heavy (non-hydrogen) atoms. The van der Waals surface area contributed by atoms with Crippen LogP contribution in [0, 0.1) is 12.8 Å². The molecular formula is C21H23N3O4. The summed E-state index contributed by atoms with van der Waals surface area (Å²) in [5.74, 6) is 2.40. The third-order valence-electron chi connectivity index (χ3n) is 3.76. The summed E-state index contributed by atoms with van der Waals surface area (Å²) in [4.78, 5) is 16.6. The minimum Gasteiger partial charge on any atom is -0.491 e. The Morgan fingerprint density at radius 1 is 1.11 bits per heavy atom. The summed E-state index contributed by atoms with van der Waals surface area (Å²) in [6.07, 6.45) is 0. The molecule has 0 unspecified atom stereocenters. The second kappa shape index (κ2) is 9.03. The first-order valence-electron chi connectivity index (χ1n) is 9.06. The molecule has 0 saturated heterocycles. The van der Waals surface area contributed by atoms with E-state index in [2.05, 4.69) is 29.3 Å². The number of carbonyl (C=O) groups is 1. The number of aryl methyl sites for hydroxylation is 1. The lowest BCUT2D eigenvalue weighted by molar-refractivity contribution is 0.102. The second-order valence-corrected chi connectivity index (χ2v) is 6.70. The summed E-state index contributed by atoms with van der Waals surface area (Å²) >= 11 is 0. The van der Waals surface area contributed by atoms with Gasteiger partial charge in [-0.05, 0) is 42.3 Å². The molecule has 1 amide bonds. The molecule has 3 aromatic rings. The number of carbonyl (C=O) groups excluding carboxylic acids is 1. The van der Waals surface area contributed by atoms with Gasteiger partial charge in [0.25, 0.3) is 5.91 Å². The third-order valence-corrected chi connectivity index (χ3v) is 3.76. The van der Waals surface area contributed by atoms with Crippen molar-refractivity contribution < 1.29 is 18.8 Å². The first-order valence-corrected chi connectivity index (χ1v) is 9.06. The van der Waals surface area contributed by atoms with Gasteiger partial charge in [-0.25, -0.2) is 0 Å². The van der Waals surface area contributed by atoms with Crippen molar-refractivity contribution in [2.75, 3.05) is 11.9 Å². The number of anilines is 1. The highest BCUT2D eigenvalue weighted by Gasteiger charge is 2.11. The maximum Gasteiger partial charge on any atom is 0.255 e. The average molecular weight is 381 g/mol. The molecule has 0 bridgehead atoms. The average Bonchev–Trinajstić information content (AvgIpc) is 3.11. The van der Waals surface area contributed by atoms with Crippen molar-refractivity contribution in [2.24, 2.45) is 5.92 Å². The van der Waals surface area contributed by atoms with E-state index in [1.165, 1.54) is 0 Å². The van der Waals surface area contributed by atoms with Crippen molar-refractivity contribution in [1.29, 1.82) is 0 Å². The van der Waals surface area contributed by atoms with Crippen LogP contribution in [-0.2, 0) is 6.61 Å². The van der Waals surface area contributed by atoms with Crippen molar-refractivity contribution in [1.82, 2.24) is 10.1 Å². The fourth-order valence-electron chi connectivity index (χ4n) is 2.40. The maximum absolute atomic E-state index is 12.6. The van der Waals surface area contributed by atoms with Gasteiger partial charge in [0.05, 0.1) is 12.3 Å². The normalized spacial score (nSPS) is 10.7. The fraction of sp³-hybridized carbons (Fsp3) is 0.286. The summed E-state index contributed by atoms with van der Waals surface area (Å²) in [7, 11) is 0. The molecule has 0 fully saturated rings. The Labute approximate surface area is 163 Å². The molecule has 0 radical (unpaired) electrons. The highest BCUT2D eigenvalue weighted by Crippen LogP contribution is 2.25. The Kier molecular flexibility index (Phi) is 6.26. The highest BCUT2D eigenvalue weighted by atomic mass is 16.5. The van der Waals surface area contributed by atoms with Crippen LogP contribution in [0.15, 0.2) is 53.1 Å². The molecule has 0 aliphatic rings. The van der Waals surface area contributed by atoms with Gasteiger partial charge in [-0.1, -0.05) is 31.1 Å². The quantitative estimate of drug-likeness (QED) is 0.628. The predicted octanol–water partition coefficient (Wildman–Crippen LogP) is 4.24. The van der Waals surface area contributed by atoms with Crippen LogP contribution in [0.25, 0.3) is 0 Å². The molecule has 7 heteroatoms. The monoisotopic (exact) mass is 381 g/mol. The lowest BCUT2D eigenvalue weighted by Crippen LogP contribution is -2.13. The van der Waals surface area contributed by atoms with Crippen LogP contribution in [0.2, 0.25) is 0 Å². The van der Waals surface area contributed by atoms with E-state index in [-0.39, 0.29) is 12.5 Å². The molecule has 1 aromatic heterocycles. The highest BCUT2D eigenvalue weighted by molar-refractivity contribution is 6.05. The van der Waals surface area contributed by atoms with E-state index in [1.54, 1.807) is 31.2 Å². The third kappa shape index (κ3) is 5.33. The van der Waals surface area contributed by atoms with Crippen LogP contribution in [0.1, 0.15) is 35.9 Å². The van der Waals surface area contributed by atoms with Crippen molar-refractivity contribution >= 4 is 11.6 Å². The summed E-state index contributed by atoms with van der Waals surface area (Å²) in [6.45, 7) is 6.65. The predicted molar refractivity (Wildman–Crippen MR) is 105 cm³/mol. The number of benzene rings is 2. The van der Waals surface area contributed by atoms with E-state index in [1.807, 2.05) is 24.3 Å². The topological polar surface area (TPSA) is 86.5 Å². The van der Waals surface area contributed by atoms with E-state index in [0.717, 1.165) is 0 Å². The molecule has 0 spiro atoms. The molecule has 7 nitrogen and oxygen atoms in total. The SMILES string of the molecule is Cc1nc(COc2ccc(C(=O)Nc3ccccc3OCC(C)C)cc2)no1. The number of ether oxygens (including phenoxy) is 2. The number of rotatable bonds is 8. The molecule has 1 N–H and O–H groups in total. The van der Waals surface area contributed by atoms with Gasteiger partial charge in [-0.2, -0.15) is 4.98 Å². The molecule has 1 heterocycles. The molecular weight excluding hydrogens is 358 g/mol. The minimum atomic E-state index is -0.221. The van der Waals surface area contributed by atoms with Crippen molar-refractivity contribution in [3.8, 4) is 11.5 Å². The Morgan fingerprint density at radius 3 is 2.54 bits per heavy atom. The van der Waals surface area contributed by atoms with Crippen LogP contribution in [0.5, 0.6) is 11.5 Å². The molecule has 2 aromatic carbocycles. The number of nitrogens with one attached hydrogen (secondary N) is 1. The summed E-state index contributed by atoms with van der Waals surface area (Å²) in [5, 5.41) is 6.66. The lowest BCUT2D eigenvalue weighted by atomic mass is 10.2. The van der Waals surface area contributed by atoms with Gasteiger partial charge in [0.1, 0.15) is 11.5 Å². The zero-order valence-electron chi connectivity index (χ0n) is 16.1. The number of aromatic nitrogens is 2. The smallest absolute Gasteiger partial charge is 0.255 e. The van der Waals surface area contributed by atoms with E-state index in [0.29, 0.717) is 47.0 Å². The largest absolute Gasteiger partial charge is 0.491 e. The zero-order chi connectivity index (χ0) is 19.9. The fourth-order valence-corrected chi connectivity index (χ4v) is 2.40. The summed E-state index contributed by atoms with van der Waals surface area (Å²) in [6, 6.07) is 14.2. The Hall–Kier alpha value is -3.35. The van der Waals surface area contributed by atoms with E-state index in [4.69, 9.17) is 14.0 Å². The van der Waals surface area contributed by atoms with Crippen LogP contribution < -0.4 is 14.8 Å². The van der Waals surface area contributed by atoms with Crippen LogP contribution in [0.4, 0.5) is 5.69 Å².